The number of rotatable bonds is 4. The maximum absolute atomic E-state index is 4.49. The summed E-state index contributed by atoms with van der Waals surface area (Å²) in [5.41, 5.74) is 1.61. The third kappa shape index (κ3) is 3.38. The maximum Gasteiger partial charge on any atom is 0.191 e. The third-order valence-electron chi connectivity index (χ3n) is 4.67. The van der Waals surface area contributed by atoms with Crippen LogP contribution in [0.3, 0.4) is 0 Å². The van der Waals surface area contributed by atoms with Crippen molar-refractivity contribution < 1.29 is 0 Å². The fourth-order valence-corrected chi connectivity index (χ4v) is 3.29. The van der Waals surface area contributed by atoms with Gasteiger partial charge in [-0.1, -0.05) is 30.3 Å². The lowest BCUT2D eigenvalue weighted by Gasteiger charge is -2.36. The standard InChI is InChI=1S/C17H26N4/c1-14-11-18-16(20-14)19-13-17(2)9-6-10-21(17)12-15-7-4-3-5-8-15/h3-5,7-8,14H,6,9-13H2,1-2H3,(H2,18,19,20). The van der Waals surface area contributed by atoms with Crippen LogP contribution in [0.2, 0.25) is 0 Å². The van der Waals surface area contributed by atoms with E-state index in [2.05, 4.69) is 64.7 Å². The smallest absolute Gasteiger partial charge is 0.191 e. The summed E-state index contributed by atoms with van der Waals surface area (Å²) in [7, 11) is 0. The first-order valence-corrected chi connectivity index (χ1v) is 8.00. The number of nitrogens with one attached hydrogen (secondary N) is 2. The van der Waals surface area contributed by atoms with E-state index in [0.29, 0.717) is 6.04 Å². The zero-order valence-corrected chi connectivity index (χ0v) is 13.1. The number of benzene rings is 1. The fraction of sp³-hybridized carbons (Fsp3) is 0.588. The molecular weight excluding hydrogens is 260 g/mol. The van der Waals surface area contributed by atoms with Gasteiger partial charge in [-0.3, -0.25) is 9.89 Å². The predicted molar refractivity (Wildman–Crippen MR) is 87.4 cm³/mol. The first-order chi connectivity index (χ1) is 10.2. The van der Waals surface area contributed by atoms with Gasteiger partial charge in [-0.15, -0.1) is 0 Å². The van der Waals surface area contributed by atoms with E-state index in [0.717, 1.165) is 25.6 Å². The molecular formula is C17H26N4. The molecule has 1 aromatic rings. The van der Waals surface area contributed by atoms with Gasteiger partial charge in [0.15, 0.2) is 5.96 Å². The van der Waals surface area contributed by atoms with Gasteiger partial charge < -0.3 is 10.6 Å². The molecule has 1 aromatic carbocycles. The summed E-state index contributed by atoms with van der Waals surface area (Å²) in [5, 5.41) is 6.89. The van der Waals surface area contributed by atoms with E-state index >= 15 is 0 Å². The summed E-state index contributed by atoms with van der Waals surface area (Å²) in [6, 6.07) is 11.2. The molecule has 0 amide bonds. The van der Waals surface area contributed by atoms with Gasteiger partial charge in [0.25, 0.3) is 0 Å². The lowest BCUT2D eigenvalue weighted by molar-refractivity contribution is 0.150. The van der Waals surface area contributed by atoms with Gasteiger partial charge in [-0.2, -0.15) is 0 Å². The summed E-state index contributed by atoms with van der Waals surface area (Å²) in [6.07, 6.45) is 2.52. The molecule has 3 rings (SSSR count). The number of guanidine groups is 1. The second kappa shape index (κ2) is 6.06. The Morgan fingerprint density at radius 2 is 2.19 bits per heavy atom. The lowest BCUT2D eigenvalue weighted by atomic mass is 9.98. The minimum Gasteiger partial charge on any atom is -0.355 e. The first kappa shape index (κ1) is 14.4. The molecule has 114 valence electrons. The Hall–Kier alpha value is -1.55. The molecule has 2 heterocycles. The zero-order valence-electron chi connectivity index (χ0n) is 13.1. The van der Waals surface area contributed by atoms with Gasteiger partial charge in [0, 0.05) is 24.7 Å². The number of nitrogens with zero attached hydrogens (tertiary/aromatic N) is 2. The second-order valence-electron chi connectivity index (χ2n) is 6.60. The van der Waals surface area contributed by atoms with Gasteiger partial charge >= 0.3 is 0 Å². The average molecular weight is 286 g/mol. The molecule has 0 bridgehead atoms. The number of hydrogen-bond acceptors (Lipinski definition) is 4. The summed E-state index contributed by atoms with van der Waals surface area (Å²) in [6.45, 7) is 8.59. The van der Waals surface area contributed by atoms with E-state index in [9.17, 15) is 0 Å². The Labute approximate surface area is 127 Å². The van der Waals surface area contributed by atoms with Crippen LogP contribution in [0.25, 0.3) is 0 Å². The van der Waals surface area contributed by atoms with Crippen LogP contribution in [0.15, 0.2) is 35.3 Å². The molecule has 0 saturated carbocycles. The molecule has 2 unspecified atom stereocenters. The second-order valence-corrected chi connectivity index (χ2v) is 6.60. The normalized spacial score (nSPS) is 29.2. The van der Waals surface area contributed by atoms with E-state index in [1.54, 1.807) is 0 Å². The molecule has 2 atom stereocenters. The van der Waals surface area contributed by atoms with Crippen LogP contribution < -0.4 is 10.6 Å². The van der Waals surface area contributed by atoms with Crippen LogP contribution in [0.4, 0.5) is 0 Å². The summed E-state index contributed by atoms with van der Waals surface area (Å²) >= 11 is 0. The SMILES string of the molecule is CC1CN=C(NCC2(C)CCCN2Cc2ccccc2)N1. The molecule has 0 aliphatic carbocycles. The first-order valence-electron chi connectivity index (χ1n) is 8.00. The number of likely N-dealkylation sites (tertiary alicyclic amines) is 1. The molecule has 0 spiro atoms. The zero-order chi connectivity index (χ0) is 14.7. The summed E-state index contributed by atoms with van der Waals surface area (Å²) in [4.78, 5) is 7.10. The third-order valence-corrected chi connectivity index (χ3v) is 4.67. The molecule has 2 aliphatic rings. The van der Waals surface area contributed by atoms with Gasteiger partial charge in [-0.25, -0.2) is 0 Å². The van der Waals surface area contributed by atoms with Crippen molar-refractivity contribution in [3.05, 3.63) is 35.9 Å². The number of aliphatic imine (C=N–C) groups is 1. The van der Waals surface area contributed by atoms with Crippen molar-refractivity contribution in [1.29, 1.82) is 0 Å². The van der Waals surface area contributed by atoms with E-state index in [4.69, 9.17) is 0 Å². The van der Waals surface area contributed by atoms with Crippen LogP contribution in [-0.2, 0) is 6.54 Å². The van der Waals surface area contributed by atoms with Crippen molar-refractivity contribution in [3.8, 4) is 0 Å². The van der Waals surface area contributed by atoms with Gasteiger partial charge in [0.2, 0.25) is 0 Å². The van der Waals surface area contributed by atoms with Crippen molar-refractivity contribution in [3.63, 3.8) is 0 Å². The lowest BCUT2D eigenvalue weighted by Crippen LogP contribution is -2.51. The van der Waals surface area contributed by atoms with Crippen LogP contribution >= 0.6 is 0 Å². The Morgan fingerprint density at radius 1 is 1.38 bits per heavy atom. The molecule has 4 nitrogen and oxygen atoms in total. The predicted octanol–water partition coefficient (Wildman–Crippen LogP) is 1.98. The summed E-state index contributed by atoms with van der Waals surface area (Å²) in [5.74, 6) is 0.968. The number of hydrogen-bond donors (Lipinski definition) is 2. The largest absolute Gasteiger partial charge is 0.355 e. The minimum atomic E-state index is 0.214. The fourth-order valence-electron chi connectivity index (χ4n) is 3.29. The van der Waals surface area contributed by atoms with Crippen LogP contribution in [0.1, 0.15) is 32.3 Å². The van der Waals surface area contributed by atoms with Gasteiger partial charge in [0.1, 0.15) is 0 Å². The highest BCUT2D eigenvalue weighted by Crippen LogP contribution is 2.29. The van der Waals surface area contributed by atoms with E-state index < -0.39 is 0 Å². The quantitative estimate of drug-likeness (QED) is 0.889. The Bertz CT molecular complexity index is 499. The highest BCUT2D eigenvalue weighted by molar-refractivity contribution is 5.81. The van der Waals surface area contributed by atoms with Crippen molar-refractivity contribution >= 4 is 5.96 Å². The van der Waals surface area contributed by atoms with Crippen molar-refractivity contribution in [2.45, 2.75) is 44.8 Å². The molecule has 2 N–H and O–H groups in total. The highest BCUT2D eigenvalue weighted by atomic mass is 15.3. The molecule has 2 aliphatic heterocycles. The van der Waals surface area contributed by atoms with Crippen LogP contribution in [-0.4, -0.2) is 42.1 Å². The van der Waals surface area contributed by atoms with Gasteiger partial charge in [-0.05, 0) is 38.8 Å². The highest BCUT2D eigenvalue weighted by Gasteiger charge is 2.36. The molecule has 1 saturated heterocycles. The molecule has 0 aromatic heterocycles. The van der Waals surface area contributed by atoms with Crippen molar-refractivity contribution in [2.24, 2.45) is 4.99 Å². The van der Waals surface area contributed by atoms with E-state index in [1.807, 2.05) is 0 Å². The Kier molecular flexibility index (Phi) is 4.15. The Balaban J connectivity index is 1.59. The topological polar surface area (TPSA) is 39.7 Å². The minimum absolute atomic E-state index is 0.214. The van der Waals surface area contributed by atoms with Crippen molar-refractivity contribution in [1.82, 2.24) is 15.5 Å². The maximum atomic E-state index is 4.49. The van der Waals surface area contributed by atoms with Crippen LogP contribution in [0.5, 0.6) is 0 Å². The Morgan fingerprint density at radius 3 is 2.90 bits per heavy atom. The average Bonchev–Trinajstić information content (AvgIpc) is 3.06. The van der Waals surface area contributed by atoms with E-state index in [1.165, 1.54) is 24.9 Å². The molecule has 1 fully saturated rings. The molecule has 0 radical (unpaired) electrons. The molecule has 4 heteroatoms. The van der Waals surface area contributed by atoms with Gasteiger partial charge in [0.05, 0.1) is 6.54 Å². The van der Waals surface area contributed by atoms with Crippen molar-refractivity contribution in [2.75, 3.05) is 19.6 Å². The van der Waals surface area contributed by atoms with Crippen LogP contribution in [0, 0.1) is 0 Å². The van der Waals surface area contributed by atoms with E-state index in [-0.39, 0.29) is 5.54 Å². The summed E-state index contributed by atoms with van der Waals surface area (Å²) < 4.78 is 0. The molecule has 21 heavy (non-hydrogen) atoms. The monoisotopic (exact) mass is 286 g/mol.